The quantitative estimate of drug-likeness (QED) is 0.312. The molecular weight excluding hydrogens is 466 g/mol. The van der Waals surface area contributed by atoms with E-state index >= 15 is 0 Å². The number of hydrogen-bond acceptors (Lipinski definition) is 6. The van der Waals surface area contributed by atoms with Crippen LogP contribution in [0.15, 0.2) is 78.6 Å². The van der Waals surface area contributed by atoms with Gasteiger partial charge in [-0.05, 0) is 47.9 Å². The van der Waals surface area contributed by atoms with Gasteiger partial charge in [0.2, 0.25) is 5.91 Å². The Bertz CT molecular complexity index is 1440. The van der Waals surface area contributed by atoms with Crippen molar-refractivity contribution in [2.45, 2.75) is 19.5 Å². The van der Waals surface area contributed by atoms with Gasteiger partial charge >= 0.3 is 0 Å². The van der Waals surface area contributed by atoms with E-state index in [1.165, 1.54) is 0 Å². The third kappa shape index (κ3) is 4.73. The molecule has 8 nitrogen and oxygen atoms in total. The molecule has 170 valence electrons. The second kappa shape index (κ2) is 9.94. The second-order valence-electron chi connectivity index (χ2n) is 7.53. The van der Waals surface area contributed by atoms with Crippen molar-refractivity contribution >= 4 is 29.5 Å². The Kier molecular flexibility index (Phi) is 6.41. The minimum Gasteiger partial charge on any atom is -0.352 e. The number of carbonyl (C=O) groups excluding carboxylic acids is 1. The van der Waals surface area contributed by atoms with Gasteiger partial charge in [-0.2, -0.15) is 10.2 Å². The summed E-state index contributed by atoms with van der Waals surface area (Å²) in [6.45, 7) is 0.798. The van der Waals surface area contributed by atoms with Crippen LogP contribution in [0, 0.1) is 4.77 Å². The van der Waals surface area contributed by atoms with Gasteiger partial charge in [-0.3, -0.25) is 19.4 Å². The molecule has 5 rings (SSSR count). The molecule has 0 aliphatic heterocycles. The molecular formula is C24H21N7OS2. The van der Waals surface area contributed by atoms with Crippen LogP contribution in [-0.4, -0.2) is 35.4 Å². The highest BCUT2D eigenvalue weighted by molar-refractivity contribution is 7.71. The van der Waals surface area contributed by atoms with Crippen molar-refractivity contribution in [1.29, 1.82) is 0 Å². The molecule has 0 aliphatic rings. The van der Waals surface area contributed by atoms with E-state index in [4.69, 9.17) is 17.3 Å². The van der Waals surface area contributed by atoms with E-state index in [-0.39, 0.29) is 12.3 Å². The van der Waals surface area contributed by atoms with Crippen LogP contribution in [0.1, 0.15) is 12.0 Å². The first-order chi connectivity index (χ1) is 16.7. The number of H-pyrrole nitrogens is 1. The number of amides is 1. The van der Waals surface area contributed by atoms with Crippen LogP contribution in [0.2, 0.25) is 0 Å². The SMILES string of the molecule is O=C(CCn1c(-c2cccs2)n[nH]c1=S)NCc1cn(-c2ccccc2)nc1-c1ccncc1. The number of rotatable bonds is 8. The van der Waals surface area contributed by atoms with Crippen LogP contribution in [0.5, 0.6) is 0 Å². The summed E-state index contributed by atoms with van der Waals surface area (Å²) in [6, 6.07) is 17.7. The fourth-order valence-electron chi connectivity index (χ4n) is 3.62. The minimum atomic E-state index is -0.0756. The van der Waals surface area contributed by atoms with Gasteiger partial charge in [0.05, 0.1) is 16.3 Å². The Morgan fingerprint density at radius 2 is 1.91 bits per heavy atom. The van der Waals surface area contributed by atoms with Crippen molar-refractivity contribution in [3.05, 3.63) is 88.9 Å². The molecule has 0 radical (unpaired) electrons. The first-order valence-corrected chi connectivity index (χ1v) is 12.0. The predicted molar refractivity (Wildman–Crippen MR) is 134 cm³/mol. The minimum absolute atomic E-state index is 0.0756. The molecule has 0 fully saturated rings. The zero-order valence-electron chi connectivity index (χ0n) is 18.1. The molecule has 1 amide bonds. The highest BCUT2D eigenvalue weighted by Crippen LogP contribution is 2.24. The van der Waals surface area contributed by atoms with E-state index in [1.807, 2.05) is 75.4 Å². The summed E-state index contributed by atoms with van der Waals surface area (Å²) in [7, 11) is 0. The number of aromatic amines is 1. The molecule has 0 unspecified atom stereocenters. The molecule has 0 atom stereocenters. The number of thiophene rings is 1. The van der Waals surface area contributed by atoms with E-state index in [1.54, 1.807) is 23.7 Å². The fraction of sp³-hybridized carbons (Fsp3) is 0.125. The Morgan fingerprint density at radius 3 is 2.68 bits per heavy atom. The molecule has 1 aromatic carbocycles. The number of hydrogen-bond donors (Lipinski definition) is 2. The lowest BCUT2D eigenvalue weighted by atomic mass is 10.1. The van der Waals surface area contributed by atoms with Gasteiger partial charge in [-0.1, -0.05) is 24.3 Å². The summed E-state index contributed by atoms with van der Waals surface area (Å²) < 4.78 is 4.19. The summed E-state index contributed by atoms with van der Waals surface area (Å²) in [5.41, 5.74) is 3.62. The molecule has 34 heavy (non-hydrogen) atoms. The molecule has 10 heteroatoms. The van der Waals surface area contributed by atoms with E-state index in [2.05, 4.69) is 20.5 Å². The van der Waals surface area contributed by atoms with Crippen LogP contribution in [0.25, 0.3) is 27.6 Å². The molecule has 0 bridgehead atoms. The van der Waals surface area contributed by atoms with Crippen molar-refractivity contribution in [3.63, 3.8) is 0 Å². The second-order valence-corrected chi connectivity index (χ2v) is 8.86. The number of para-hydroxylation sites is 1. The smallest absolute Gasteiger partial charge is 0.222 e. The standard InChI is InChI=1S/C24H21N7OS2/c32-21(10-13-30-23(27-28-24(30)33)20-7-4-14-34-20)26-15-18-16-31(19-5-2-1-3-6-19)29-22(18)17-8-11-25-12-9-17/h1-9,11-12,14,16H,10,13,15H2,(H,26,32)(H,28,33). The van der Waals surface area contributed by atoms with Gasteiger partial charge in [-0.25, -0.2) is 4.68 Å². The highest BCUT2D eigenvalue weighted by Gasteiger charge is 2.15. The Balaban J connectivity index is 1.30. The highest BCUT2D eigenvalue weighted by atomic mass is 32.1. The summed E-state index contributed by atoms with van der Waals surface area (Å²) in [6.07, 6.45) is 5.70. The molecule has 2 N–H and O–H groups in total. The fourth-order valence-corrected chi connectivity index (χ4v) is 4.56. The lowest BCUT2D eigenvalue weighted by molar-refractivity contribution is -0.121. The summed E-state index contributed by atoms with van der Waals surface area (Å²) in [4.78, 5) is 17.8. The Hall–Kier alpha value is -3.89. The molecule has 0 spiro atoms. The lowest BCUT2D eigenvalue weighted by Gasteiger charge is -2.07. The van der Waals surface area contributed by atoms with E-state index in [9.17, 15) is 4.79 Å². The molecule has 4 aromatic heterocycles. The zero-order chi connectivity index (χ0) is 23.3. The van der Waals surface area contributed by atoms with Crippen LogP contribution >= 0.6 is 23.6 Å². The Morgan fingerprint density at radius 1 is 1.09 bits per heavy atom. The molecule has 0 aliphatic carbocycles. The average Bonchev–Trinajstić information content (AvgIpc) is 3.63. The van der Waals surface area contributed by atoms with Crippen molar-refractivity contribution in [1.82, 2.24) is 34.8 Å². The largest absolute Gasteiger partial charge is 0.352 e. The van der Waals surface area contributed by atoms with Gasteiger partial charge in [0.25, 0.3) is 0 Å². The molecule has 0 saturated heterocycles. The summed E-state index contributed by atoms with van der Waals surface area (Å²) in [5.74, 6) is 0.672. The third-order valence-electron chi connectivity index (χ3n) is 5.30. The number of carbonyl (C=O) groups is 1. The maximum Gasteiger partial charge on any atom is 0.222 e. The van der Waals surface area contributed by atoms with Crippen LogP contribution < -0.4 is 5.32 Å². The van der Waals surface area contributed by atoms with Crippen LogP contribution in [0.3, 0.4) is 0 Å². The van der Waals surface area contributed by atoms with Crippen LogP contribution in [0.4, 0.5) is 0 Å². The van der Waals surface area contributed by atoms with Gasteiger partial charge in [0.1, 0.15) is 0 Å². The van der Waals surface area contributed by atoms with Crippen molar-refractivity contribution in [2.75, 3.05) is 0 Å². The molecule has 5 aromatic rings. The van der Waals surface area contributed by atoms with Crippen molar-refractivity contribution < 1.29 is 4.79 Å². The van der Waals surface area contributed by atoms with Crippen molar-refractivity contribution in [2.24, 2.45) is 0 Å². The number of pyridine rings is 1. The number of aromatic nitrogens is 6. The number of nitrogens with zero attached hydrogens (tertiary/aromatic N) is 5. The number of benzene rings is 1. The maximum absolute atomic E-state index is 12.7. The van der Waals surface area contributed by atoms with Gasteiger partial charge in [0.15, 0.2) is 10.6 Å². The summed E-state index contributed by atoms with van der Waals surface area (Å²) in [5, 5.41) is 16.9. The normalized spacial score (nSPS) is 10.9. The molecule has 0 saturated carbocycles. The van der Waals surface area contributed by atoms with E-state index in [0.717, 1.165) is 33.2 Å². The number of nitrogens with one attached hydrogen (secondary N) is 2. The van der Waals surface area contributed by atoms with Gasteiger partial charge in [-0.15, -0.1) is 11.3 Å². The average molecular weight is 488 g/mol. The first kappa shape index (κ1) is 21.9. The maximum atomic E-state index is 12.7. The third-order valence-corrected chi connectivity index (χ3v) is 6.48. The first-order valence-electron chi connectivity index (χ1n) is 10.7. The predicted octanol–water partition coefficient (Wildman–Crippen LogP) is 4.62. The van der Waals surface area contributed by atoms with Crippen LogP contribution in [-0.2, 0) is 17.9 Å². The van der Waals surface area contributed by atoms with E-state index in [0.29, 0.717) is 17.9 Å². The summed E-state index contributed by atoms with van der Waals surface area (Å²) >= 11 is 6.94. The lowest BCUT2D eigenvalue weighted by Crippen LogP contribution is -2.24. The van der Waals surface area contributed by atoms with E-state index < -0.39 is 0 Å². The topological polar surface area (TPSA) is 93.4 Å². The monoisotopic (exact) mass is 487 g/mol. The zero-order valence-corrected chi connectivity index (χ0v) is 19.7. The van der Waals surface area contributed by atoms with Crippen molar-refractivity contribution in [3.8, 4) is 27.6 Å². The molecule has 4 heterocycles. The van der Waals surface area contributed by atoms with Gasteiger partial charge in [0, 0.05) is 49.2 Å². The Labute approximate surface area is 204 Å². The van der Waals surface area contributed by atoms with Gasteiger partial charge < -0.3 is 5.32 Å².